The molecule has 0 N–H and O–H groups in total. The maximum atomic E-state index is 14.1. The van der Waals surface area contributed by atoms with Crippen LogP contribution in [0.1, 0.15) is 47.6 Å². The number of hydrogen-bond donors (Lipinski definition) is 0. The molecule has 0 bridgehead atoms. The molecular formula is C23H20ClF3N2O3. The van der Waals surface area contributed by atoms with E-state index in [1.807, 2.05) is 0 Å². The van der Waals surface area contributed by atoms with Crippen molar-refractivity contribution in [1.82, 2.24) is 9.80 Å². The summed E-state index contributed by atoms with van der Waals surface area (Å²) in [6.07, 6.45) is 1.17. The highest BCUT2D eigenvalue weighted by molar-refractivity contribution is 6.31. The maximum absolute atomic E-state index is 14.1. The number of rotatable bonds is 2. The highest BCUT2D eigenvalue weighted by atomic mass is 35.5. The molecule has 0 radical (unpaired) electrons. The summed E-state index contributed by atoms with van der Waals surface area (Å²) in [5, 5.41) is 0.262. The fraction of sp³-hybridized carbons (Fsp3) is 0.391. The zero-order chi connectivity index (χ0) is 22.6. The molecule has 2 aromatic rings. The third-order valence-electron chi connectivity index (χ3n) is 6.61. The lowest BCUT2D eigenvalue weighted by Crippen LogP contribution is -2.51. The van der Waals surface area contributed by atoms with Crippen molar-refractivity contribution in [3.63, 3.8) is 0 Å². The Bertz CT molecular complexity index is 1080. The number of fused-ring (bicyclic) bond motifs is 1. The number of benzene rings is 2. The number of nitrogens with zero attached hydrogens (tertiary/aromatic N) is 2. The van der Waals surface area contributed by atoms with Gasteiger partial charge in [-0.2, -0.15) is 0 Å². The number of carbonyl (C=O) groups excluding carboxylic acids is 2. The Balaban J connectivity index is 1.32. The topological polar surface area (TPSA) is 49.9 Å². The first-order chi connectivity index (χ1) is 15.3. The van der Waals surface area contributed by atoms with Gasteiger partial charge in [0.2, 0.25) is 0 Å². The van der Waals surface area contributed by atoms with E-state index in [1.54, 1.807) is 4.90 Å². The molecule has 3 aliphatic rings. The molecule has 1 spiro atoms. The minimum absolute atomic E-state index is 0.110. The molecule has 2 amide bonds. The Morgan fingerprint density at radius 3 is 2.41 bits per heavy atom. The summed E-state index contributed by atoms with van der Waals surface area (Å²) in [6.45, 7) is 0.437. The molecule has 2 aromatic carbocycles. The van der Waals surface area contributed by atoms with Crippen LogP contribution >= 0.6 is 11.6 Å². The van der Waals surface area contributed by atoms with Gasteiger partial charge < -0.3 is 14.5 Å². The summed E-state index contributed by atoms with van der Waals surface area (Å²) in [5.74, 6) is -2.75. The Morgan fingerprint density at radius 2 is 1.72 bits per heavy atom. The Kier molecular flexibility index (Phi) is 5.17. The van der Waals surface area contributed by atoms with Gasteiger partial charge in [-0.05, 0) is 48.7 Å². The summed E-state index contributed by atoms with van der Waals surface area (Å²) in [4.78, 5) is 29.2. The van der Waals surface area contributed by atoms with Gasteiger partial charge >= 0.3 is 0 Å². The van der Waals surface area contributed by atoms with Gasteiger partial charge in [0.15, 0.2) is 5.60 Å². The molecular weight excluding hydrogens is 445 g/mol. The first kappa shape index (κ1) is 21.3. The van der Waals surface area contributed by atoms with E-state index >= 15 is 0 Å². The van der Waals surface area contributed by atoms with E-state index in [4.69, 9.17) is 16.3 Å². The third-order valence-corrected chi connectivity index (χ3v) is 6.84. The normalized spacial score (nSPS) is 24.3. The van der Waals surface area contributed by atoms with Crippen LogP contribution in [0.5, 0.6) is 0 Å². The lowest BCUT2D eigenvalue weighted by atomic mass is 9.89. The second-order valence-electron chi connectivity index (χ2n) is 8.49. The van der Waals surface area contributed by atoms with E-state index in [-0.39, 0.29) is 42.4 Å². The van der Waals surface area contributed by atoms with Gasteiger partial charge in [0, 0.05) is 37.0 Å². The fourth-order valence-corrected chi connectivity index (χ4v) is 5.21. The molecule has 0 aromatic heterocycles. The summed E-state index contributed by atoms with van der Waals surface area (Å²) >= 11 is 5.90. The Labute approximate surface area is 187 Å². The van der Waals surface area contributed by atoms with Crippen molar-refractivity contribution in [2.24, 2.45) is 0 Å². The first-order valence-electron chi connectivity index (χ1n) is 10.5. The molecule has 5 nitrogen and oxygen atoms in total. The van der Waals surface area contributed by atoms with Gasteiger partial charge in [-0.1, -0.05) is 11.6 Å². The van der Waals surface area contributed by atoms with Crippen LogP contribution in [0, 0.1) is 17.5 Å². The average Bonchev–Trinajstić information content (AvgIpc) is 3.27. The molecule has 2 unspecified atom stereocenters. The number of carbonyl (C=O) groups is 2. The van der Waals surface area contributed by atoms with Gasteiger partial charge in [0.05, 0.1) is 11.6 Å². The van der Waals surface area contributed by atoms with Crippen molar-refractivity contribution >= 4 is 23.4 Å². The molecule has 3 heterocycles. The molecule has 0 saturated carbocycles. The minimum atomic E-state index is -1.08. The SMILES string of the molecule is O=C(c1cc(Cl)ccc1F)N1CCC2(CC1)OC1CCC(c3cc(F)cc(F)c3)N1C2=O. The number of amides is 2. The minimum Gasteiger partial charge on any atom is -0.342 e. The van der Waals surface area contributed by atoms with Gasteiger partial charge in [-0.25, -0.2) is 13.2 Å². The van der Waals surface area contributed by atoms with E-state index in [1.165, 1.54) is 29.2 Å². The number of likely N-dealkylation sites (tertiary alicyclic amines) is 1. The lowest BCUT2D eigenvalue weighted by Gasteiger charge is -2.37. The van der Waals surface area contributed by atoms with Crippen LogP contribution in [-0.4, -0.2) is 46.5 Å². The van der Waals surface area contributed by atoms with Crippen LogP contribution in [0.2, 0.25) is 5.02 Å². The molecule has 3 fully saturated rings. The maximum Gasteiger partial charge on any atom is 0.257 e. The largest absolute Gasteiger partial charge is 0.342 e. The number of hydrogen-bond acceptors (Lipinski definition) is 3. The van der Waals surface area contributed by atoms with Crippen molar-refractivity contribution in [1.29, 1.82) is 0 Å². The summed E-state index contributed by atoms with van der Waals surface area (Å²) in [7, 11) is 0. The predicted molar refractivity (Wildman–Crippen MR) is 109 cm³/mol. The Hall–Kier alpha value is -2.58. The number of ether oxygens (including phenoxy) is 1. The fourth-order valence-electron chi connectivity index (χ4n) is 5.04. The van der Waals surface area contributed by atoms with Gasteiger partial charge in [0.25, 0.3) is 11.8 Å². The standard InChI is InChI=1S/C23H20ClF3N2O3/c24-14-1-2-18(27)17(11-14)21(30)28-7-5-23(6-8-28)22(31)29-19(3-4-20(29)32-23)13-9-15(25)12-16(26)10-13/h1-2,9-12,19-20H,3-8H2. The van der Waals surface area contributed by atoms with Crippen molar-refractivity contribution in [3.05, 3.63) is 70.0 Å². The zero-order valence-electron chi connectivity index (χ0n) is 17.0. The van der Waals surface area contributed by atoms with E-state index < -0.39 is 41.2 Å². The molecule has 3 aliphatic heterocycles. The van der Waals surface area contributed by atoms with Crippen LogP contribution < -0.4 is 0 Å². The molecule has 168 valence electrons. The molecule has 2 atom stereocenters. The molecule has 32 heavy (non-hydrogen) atoms. The monoisotopic (exact) mass is 464 g/mol. The summed E-state index contributed by atoms with van der Waals surface area (Å²) in [6, 6.07) is 6.64. The number of halogens is 4. The second-order valence-corrected chi connectivity index (χ2v) is 8.93. The predicted octanol–water partition coefficient (Wildman–Crippen LogP) is 4.45. The smallest absolute Gasteiger partial charge is 0.257 e. The molecule has 5 rings (SSSR count). The van der Waals surface area contributed by atoms with Crippen LogP contribution in [0.4, 0.5) is 13.2 Å². The first-order valence-corrected chi connectivity index (χ1v) is 10.9. The van der Waals surface area contributed by atoms with Gasteiger partial charge in [0.1, 0.15) is 23.7 Å². The van der Waals surface area contributed by atoms with Gasteiger partial charge in [-0.15, -0.1) is 0 Å². The van der Waals surface area contributed by atoms with E-state index in [0.717, 1.165) is 12.1 Å². The van der Waals surface area contributed by atoms with Crippen LogP contribution in [0.3, 0.4) is 0 Å². The molecule has 9 heteroatoms. The summed E-state index contributed by atoms with van der Waals surface area (Å²) in [5.41, 5.74) is -0.789. The van der Waals surface area contributed by atoms with Gasteiger partial charge in [-0.3, -0.25) is 9.59 Å². The number of piperidine rings is 1. The van der Waals surface area contributed by atoms with Crippen molar-refractivity contribution in [2.75, 3.05) is 13.1 Å². The van der Waals surface area contributed by atoms with Crippen LogP contribution in [0.15, 0.2) is 36.4 Å². The highest BCUT2D eigenvalue weighted by Crippen LogP contribution is 2.47. The second kappa shape index (κ2) is 7.78. The van der Waals surface area contributed by atoms with E-state index in [9.17, 15) is 22.8 Å². The van der Waals surface area contributed by atoms with E-state index in [2.05, 4.69) is 0 Å². The highest BCUT2D eigenvalue weighted by Gasteiger charge is 2.58. The van der Waals surface area contributed by atoms with Crippen molar-refractivity contribution in [3.8, 4) is 0 Å². The van der Waals surface area contributed by atoms with Crippen molar-refractivity contribution in [2.45, 2.75) is 43.6 Å². The van der Waals surface area contributed by atoms with Crippen LogP contribution in [0.25, 0.3) is 0 Å². The lowest BCUT2D eigenvalue weighted by molar-refractivity contribution is -0.142. The third kappa shape index (κ3) is 3.46. The molecule has 3 saturated heterocycles. The molecule has 0 aliphatic carbocycles. The quantitative estimate of drug-likeness (QED) is 0.659. The van der Waals surface area contributed by atoms with Crippen molar-refractivity contribution < 1.29 is 27.5 Å². The zero-order valence-corrected chi connectivity index (χ0v) is 17.7. The summed E-state index contributed by atoms with van der Waals surface area (Å²) < 4.78 is 47.7. The van der Waals surface area contributed by atoms with E-state index in [0.29, 0.717) is 18.4 Å². The Morgan fingerprint density at radius 1 is 1.03 bits per heavy atom. The van der Waals surface area contributed by atoms with Crippen LogP contribution in [-0.2, 0) is 9.53 Å². The average molecular weight is 465 g/mol.